The van der Waals surface area contributed by atoms with E-state index in [0.717, 1.165) is 45.0 Å². The highest BCUT2D eigenvalue weighted by Gasteiger charge is 2.24. The number of benzene rings is 3. The summed E-state index contributed by atoms with van der Waals surface area (Å²) in [6.07, 6.45) is 1.93. The Morgan fingerprint density at radius 2 is 1.72 bits per heavy atom. The van der Waals surface area contributed by atoms with Crippen LogP contribution in [-0.4, -0.2) is 28.8 Å². The monoisotopic (exact) mass is 477 g/mol. The average Bonchev–Trinajstić information content (AvgIpc) is 3.34. The van der Waals surface area contributed by atoms with Gasteiger partial charge in [-0.1, -0.05) is 24.3 Å². The number of carbonyl (C=O) groups is 2. The third kappa shape index (κ3) is 4.08. The van der Waals surface area contributed by atoms with E-state index < -0.39 is 0 Å². The predicted molar refractivity (Wildman–Crippen MR) is 137 cm³/mol. The first kappa shape index (κ1) is 21.9. The largest absolute Gasteiger partial charge is 0.372 e. The molecule has 8 nitrogen and oxygen atoms in total. The molecule has 36 heavy (non-hydrogen) atoms. The molecule has 0 fully saturated rings. The van der Waals surface area contributed by atoms with Crippen molar-refractivity contribution >= 4 is 34.8 Å². The molecule has 0 saturated heterocycles. The van der Waals surface area contributed by atoms with Gasteiger partial charge in [0.15, 0.2) is 0 Å². The Bertz CT molecular complexity index is 1500. The second kappa shape index (κ2) is 8.90. The summed E-state index contributed by atoms with van der Waals surface area (Å²) in [5.41, 5.74) is 7.51. The van der Waals surface area contributed by atoms with Gasteiger partial charge in [-0.25, -0.2) is 9.97 Å². The van der Waals surface area contributed by atoms with E-state index in [9.17, 15) is 9.59 Å². The molecule has 8 heteroatoms. The first-order chi connectivity index (χ1) is 17.5. The summed E-state index contributed by atoms with van der Waals surface area (Å²) in [6, 6.07) is 20.7. The molecule has 0 radical (unpaired) electrons. The van der Waals surface area contributed by atoms with Crippen molar-refractivity contribution in [3.05, 3.63) is 95.2 Å². The standard InChI is InChI=1S/C28H23N5O3/c1-33-24-5-3-2-4-23(24)26-19(13-25(33)34)14-29-28(32-26)31-21-9-6-17(7-10-21)27(35)30-22-11-8-18-15-36-16-20(18)12-22/h2-12,14H,13,15-16H2,1H3,(H,30,35)(H,29,31,32). The smallest absolute Gasteiger partial charge is 0.255 e. The summed E-state index contributed by atoms with van der Waals surface area (Å²) < 4.78 is 5.44. The molecule has 4 aromatic rings. The molecule has 0 aliphatic carbocycles. The number of hydrogen-bond donors (Lipinski definition) is 2. The van der Waals surface area contributed by atoms with Crippen LogP contribution in [0.15, 0.2) is 72.9 Å². The fraction of sp³-hybridized carbons (Fsp3) is 0.143. The molecular weight excluding hydrogens is 454 g/mol. The lowest BCUT2D eigenvalue weighted by Crippen LogP contribution is -2.26. The van der Waals surface area contributed by atoms with Crippen LogP contribution in [0.4, 0.5) is 23.0 Å². The van der Waals surface area contributed by atoms with E-state index in [1.807, 2.05) is 54.6 Å². The number of carbonyl (C=O) groups excluding carboxylic acids is 2. The summed E-state index contributed by atoms with van der Waals surface area (Å²) in [6.45, 7) is 1.19. The van der Waals surface area contributed by atoms with Gasteiger partial charge in [-0.2, -0.15) is 0 Å². The van der Waals surface area contributed by atoms with Gasteiger partial charge in [0.05, 0.1) is 31.0 Å². The van der Waals surface area contributed by atoms with E-state index in [1.165, 1.54) is 0 Å². The predicted octanol–water partition coefficient (Wildman–Crippen LogP) is 4.69. The van der Waals surface area contributed by atoms with Crippen LogP contribution in [0.5, 0.6) is 0 Å². The van der Waals surface area contributed by atoms with E-state index in [1.54, 1.807) is 30.3 Å². The number of rotatable bonds is 4. The maximum absolute atomic E-state index is 12.7. The average molecular weight is 478 g/mol. The molecule has 2 aliphatic rings. The summed E-state index contributed by atoms with van der Waals surface area (Å²) in [7, 11) is 1.77. The zero-order chi connectivity index (χ0) is 24.6. The van der Waals surface area contributed by atoms with Crippen LogP contribution in [0.3, 0.4) is 0 Å². The minimum atomic E-state index is -0.188. The van der Waals surface area contributed by atoms with E-state index in [0.29, 0.717) is 24.7 Å². The number of anilines is 4. The molecule has 1 aromatic heterocycles. The Labute approximate surface area is 208 Å². The lowest BCUT2D eigenvalue weighted by Gasteiger charge is -2.16. The van der Waals surface area contributed by atoms with Crippen molar-refractivity contribution in [2.24, 2.45) is 0 Å². The highest BCUT2D eigenvalue weighted by Crippen LogP contribution is 2.35. The third-order valence-corrected chi connectivity index (χ3v) is 6.48. The van der Waals surface area contributed by atoms with Crippen LogP contribution in [0.1, 0.15) is 27.0 Å². The maximum Gasteiger partial charge on any atom is 0.255 e. The molecule has 0 atom stereocenters. The number of nitrogens with one attached hydrogen (secondary N) is 2. The van der Waals surface area contributed by atoms with Crippen LogP contribution >= 0.6 is 0 Å². The summed E-state index contributed by atoms with van der Waals surface area (Å²) >= 11 is 0. The second-order valence-electron chi connectivity index (χ2n) is 8.85. The van der Waals surface area contributed by atoms with Gasteiger partial charge in [0.25, 0.3) is 5.91 Å². The second-order valence-corrected chi connectivity index (χ2v) is 8.85. The Morgan fingerprint density at radius 3 is 2.58 bits per heavy atom. The van der Waals surface area contributed by atoms with E-state index in [-0.39, 0.29) is 18.2 Å². The third-order valence-electron chi connectivity index (χ3n) is 6.48. The van der Waals surface area contributed by atoms with Crippen molar-refractivity contribution in [2.75, 3.05) is 22.6 Å². The van der Waals surface area contributed by atoms with Crippen molar-refractivity contribution in [3.8, 4) is 11.3 Å². The van der Waals surface area contributed by atoms with Crippen LogP contribution in [-0.2, 0) is 29.2 Å². The summed E-state index contributed by atoms with van der Waals surface area (Å²) in [5, 5.41) is 6.15. The Kier molecular flexibility index (Phi) is 5.42. The van der Waals surface area contributed by atoms with Crippen molar-refractivity contribution < 1.29 is 14.3 Å². The van der Waals surface area contributed by atoms with Crippen molar-refractivity contribution in [1.29, 1.82) is 0 Å². The number of hydrogen-bond acceptors (Lipinski definition) is 6. The Morgan fingerprint density at radius 1 is 0.944 bits per heavy atom. The highest BCUT2D eigenvalue weighted by molar-refractivity contribution is 6.04. The fourth-order valence-electron chi connectivity index (χ4n) is 4.50. The van der Waals surface area contributed by atoms with Gasteiger partial charge in [-0.05, 0) is 53.6 Å². The molecule has 2 aliphatic heterocycles. The van der Waals surface area contributed by atoms with Gasteiger partial charge in [0, 0.05) is 41.3 Å². The highest BCUT2D eigenvalue weighted by atomic mass is 16.5. The number of ether oxygens (including phenoxy) is 1. The Balaban J connectivity index is 1.20. The molecule has 6 rings (SSSR count). The van der Waals surface area contributed by atoms with Gasteiger partial charge < -0.3 is 20.3 Å². The van der Waals surface area contributed by atoms with E-state index >= 15 is 0 Å². The zero-order valence-electron chi connectivity index (χ0n) is 19.6. The number of likely N-dealkylation sites (N-methyl/N-ethyl adjacent to an activating group) is 1. The van der Waals surface area contributed by atoms with Crippen molar-refractivity contribution in [1.82, 2.24) is 9.97 Å². The van der Waals surface area contributed by atoms with Crippen LogP contribution in [0, 0.1) is 0 Å². The van der Waals surface area contributed by atoms with Gasteiger partial charge in [-0.15, -0.1) is 0 Å². The molecule has 178 valence electrons. The molecule has 0 spiro atoms. The van der Waals surface area contributed by atoms with Gasteiger partial charge in [0.2, 0.25) is 11.9 Å². The van der Waals surface area contributed by atoms with Gasteiger partial charge >= 0.3 is 0 Å². The summed E-state index contributed by atoms with van der Waals surface area (Å²) in [5.74, 6) is 0.220. The number of aromatic nitrogens is 2. The minimum Gasteiger partial charge on any atom is -0.372 e. The molecule has 0 bridgehead atoms. The van der Waals surface area contributed by atoms with Gasteiger partial charge in [0.1, 0.15) is 0 Å². The number of fused-ring (bicyclic) bond motifs is 4. The van der Waals surface area contributed by atoms with Crippen molar-refractivity contribution in [2.45, 2.75) is 19.6 Å². The van der Waals surface area contributed by atoms with Gasteiger partial charge in [-0.3, -0.25) is 9.59 Å². The topological polar surface area (TPSA) is 96.5 Å². The number of amides is 2. The molecular formula is C28H23N5O3. The molecule has 2 N–H and O–H groups in total. The maximum atomic E-state index is 12.7. The van der Waals surface area contributed by atoms with Crippen molar-refractivity contribution in [3.63, 3.8) is 0 Å². The zero-order valence-corrected chi connectivity index (χ0v) is 19.6. The first-order valence-corrected chi connectivity index (χ1v) is 11.6. The number of nitrogens with zero attached hydrogens (tertiary/aromatic N) is 3. The minimum absolute atomic E-state index is 0.00686. The molecule has 2 amide bonds. The van der Waals surface area contributed by atoms with E-state index in [4.69, 9.17) is 9.72 Å². The van der Waals surface area contributed by atoms with Crippen LogP contribution < -0.4 is 15.5 Å². The first-order valence-electron chi connectivity index (χ1n) is 11.6. The Hall–Kier alpha value is -4.56. The fourth-order valence-corrected chi connectivity index (χ4v) is 4.50. The lowest BCUT2D eigenvalue weighted by molar-refractivity contribution is -0.117. The number of para-hydroxylation sites is 1. The van der Waals surface area contributed by atoms with Crippen LogP contribution in [0.2, 0.25) is 0 Å². The molecule has 3 aromatic carbocycles. The molecule has 3 heterocycles. The molecule has 0 saturated carbocycles. The lowest BCUT2D eigenvalue weighted by atomic mass is 10.1. The normalized spacial score (nSPS) is 13.9. The quantitative estimate of drug-likeness (QED) is 0.443. The SMILES string of the molecule is CN1C(=O)Cc2cnc(Nc3ccc(C(=O)Nc4ccc5c(c4)COC5)cc3)nc2-c2ccccc21. The summed E-state index contributed by atoms with van der Waals surface area (Å²) in [4.78, 5) is 36.1. The van der Waals surface area contributed by atoms with Crippen LogP contribution in [0.25, 0.3) is 11.3 Å². The van der Waals surface area contributed by atoms with E-state index in [2.05, 4.69) is 15.6 Å². The molecule has 0 unspecified atom stereocenters.